The molecule has 0 spiro atoms. The summed E-state index contributed by atoms with van der Waals surface area (Å²) in [6.07, 6.45) is 0.837. The van der Waals surface area contributed by atoms with Crippen LogP contribution in [0.4, 0.5) is 5.69 Å². The van der Waals surface area contributed by atoms with Gasteiger partial charge in [0.25, 0.3) is 0 Å². The first-order chi connectivity index (χ1) is 13.6. The number of imidazole rings is 1. The van der Waals surface area contributed by atoms with E-state index in [9.17, 15) is 5.11 Å². The molecule has 0 unspecified atom stereocenters. The molecule has 0 aliphatic carbocycles. The summed E-state index contributed by atoms with van der Waals surface area (Å²) in [7, 11) is 1.64. The van der Waals surface area contributed by atoms with E-state index in [4.69, 9.17) is 13.9 Å². The minimum atomic E-state index is -0.720. The van der Waals surface area contributed by atoms with Crippen LogP contribution in [-0.2, 0) is 8.92 Å². The van der Waals surface area contributed by atoms with Crippen LogP contribution in [0.2, 0.25) is 0 Å². The fourth-order valence-electron chi connectivity index (χ4n) is 3.76. The molecule has 0 bridgehead atoms. The zero-order chi connectivity index (χ0) is 19.7. The summed E-state index contributed by atoms with van der Waals surface area (Å²) in [6, 6.07) is 11.7. The van der Waals surface area contributed by atoms with Crippen molar-refractivity contribution in [2.24, 2.45) is 0 Å². The molecule has 0 fully saturated rings. The number of nitrogens with zero attached hydrogens (tertiary/aromatic N) is 2. The van der Waals surface area contributed by atoms with Gasteiger partial charge in [0.2, 0.25) is 0 Å². The maximum absolute atomic E-state index is 11.2. The van der Waals surface area contributed by atoms with Gasteiger partial charge < -0.3 is 23.7 Å². The predicted octanol–water partition coefficient (Wildman–Crippen LogP) is 3.83. The van der Waals surface area contributed by atoms with E-state index in [0.29, 0.717) is 12.4 Å². The van der Waals surface area contributed by atoms with Crippen LogP contribution in [0.25, 0.3) is 5.65 Å². The zero-order valence-electron chi connectivity index (χ0n) is 16.3. The molecule has 6 nitrogen and oxygen atoms in total. The molecule has 1 aliphatic rings. The molecule has 4 rings (SSSR count). The number of aromatic nitrogens is 2. The first-order valence-electron chi connectivity index (χ1n) is 9.36. The fraction of sp³-hybridized carbons (Fsp3) is 0.381. The van der Waals surface area contributed by atoms with Crippen molar-refractivity contribution in [3.63, 3.8) is 0 Å². The highest BCUT2D eigenvalue weighted by Gasteiger charge is 2.38. The highest BCUT2D eigenvalue weighted by molar-refractivity contribution is 7.94. The van der Waals surface area contributed by atoms with Gasteiger partial charge in [-0.2, -0.15) is 0 Å². The second-order valence-corrected chi connectivity index (χ2v) is 7.90. The van der Waals surface area contributed by atoms with Crippen LogP contribution in [-0.4, -0.2) is 40.1 Å². The van der Waals surface area contributed by atoms with Gasteiger partial charge in [-0.1, -0.05) is 30.3 Å². The summed E-state index contributed by atoms with van der Waals surface area (Å²) in [5.74, 6) is 0.697. The quantitative estimate of drug-likeness (QED) is 0.485. The SMILES string of the molecule is COSCCO[C@H]1c2ccn3c(C)c(C)nc3c2N[C@H](c2ccccc2)[C@H]1O. The van der Waals surface area contributed by atoms with Crippen molar-refractivity contribution in [1.29, 1.82) is 0 Å². The normalized spacial score (nSPS) is 21.5. The van der Waals surface area contributed by atoms with Crippen LogP contribution in [0.1, 0.15) is 34.7 Å². The lowest BCUT2D eigenvalue weighted by Crippen LogP contribution is -2.38. The van der Waals surface area contributed by atoms with Gasteiger partial charge >= 0.3 is 0 Å². The second-order valence-electron chi connectivity index (χ2n) is 6.93. The lowest BCUT2D eigenvalue weighted by Gasteiger charge is -2.38. The van der Waals surface area contributed by atoms with Gasteiger partial charge in [0.05, 0.1) is 31.1 Å². The van der Waals surface area contributed by atoms with E-state index < -0.39 is 12.2 Å². The minimum Gasteiger partial charge on any atom is -0.388 e. The van der Waals surface area contributed by atoms with Gasteiger partial charge in [-0.3, -0.25) is 0 Å². The third kappa shape index (κ3) is 3.39. The number of benzene rings is 1. The van der Waals surface area contributed by atoms with Crippen LogP contribution < -0.4 is 5.32 Å². The summed E-state index contributed by atoms with van der Waals surface area (Å²) < 4.78 is 13.3. The molecule has 3 heterocycles. The molecule has 3 atom stereocenters. The van der Waals surface area contributed by atoms with Crippen LogP contribution in [0.15, 0.2) is 42.6 Å². The number of aliphatic hydroxyl groups is 1. The van der Waals surface area contributed by atoms with Crippen LogP contribution in [0.3, 0.4) is 0 Å². The summed E-state index contributed by atoms with van der Waals surface area (Å²) in [4.78, 5) is 4.76. The molecule has 7 heteroatoms. The van der Waals surface area contributed by atoms with E-state index in [1.807, 2.05) is 49.5 Å². The van der Waals surface area contributed by atoms with E-state index in [0.717, 1.165) is 33.8 Å². The molecule has 0 amide bonds. The van der Waals surface area contributed by atoms with Crippen molar-refractivity contribution in [1.82, 2.24) is 9.38 Å². The average molecular weight is 400 g/mol. The molecule has 0 saturated heterocycles. The van der Waals surface area contributed by atoms with Gasteiger partial charge in [-0.25, -0.2) is 4.98 Å². The first kappa shape index (κ1) is 19.3. The maximum atomic E-state index is 11.2. The highest BCUT2D eigenvalue weighted by atomic mass is 32.2. The van der Waals surface area contributed by atoms with Gasteiger partial charge in [0, 0.05) is 23.2 Å². The highest BCUT2D eigenvalue weighted by Crippen LogP contribution is 2.43. The van der Waals surface area contributed by atoms with Gasteiger partial charge in [-0.15, -0.1) is 0 Å². The summed E-state index contributed by atoms with van der Waals surface area (Å²) >= 11 is 1.35. The number of anilines is 1. The number of fused-ring (bicyclic) bond motifs is 3. The van der Waals surface area contributed by atoms with Gasteiger partial charge in [0.15, 0.2) is 5.65 Å². The molecule has 1 aliphatic heterocycles. The number of nitrogens with one attached hydrogen (secondary N) is 1. The second kappa shape index (κ2) is 8.13. The molecule has 2 N–H and O–H groups in total. The molecule has 0 saturated carbocycles. The Labute approximate surface area is 169 Å². The monoisotopic (exact) mass is 399 g/mol. The number of hydrogen-bond acceptors (Lipinski definition) is 6. The Morgan fingerprint density at radius 1 is 1.21 bits per heavy atom. The number of hydrogen-bond donors (Lipinski definition) is 2. The number of aryl methyl sites for hydroxylation is 2. The summed E-state index contributed by atoms with van der Waals surface area (Å²) in [5.41, 5.74) is 5.83. The Hall–Kier alpha value is -2.06. The lowest BCUT2D eigenvalue weighted by atomic mass is 9.89. The Morgan fingerprint density at radius 2 is 2.00 bits per heavy atom. The number of rotatable bonds is 6. The van der Waals surface area contributed by atoms with Crippen molar-refractivity contribution < 1.29 is 14.0 Å². The fourth-order valence-corrected chi connectivity index (χ4v) is 4.09. The molecule has 3 aromatic rings. The van der Waals surface area contributed by atoms with E-state index in [1.54, 1.807) is 7.11 Å². The molecule has 148 valence electrons. The van der Waals surface area contributed by atoms with Crippen molar-refractivity contribution in [3.8, 4) is 0 Å². The van der Waals surface area contributed by atoms with Gasteiger partial charge in [-0.05, 0) is 37.5 Å². The van der Waals surface area contributed by atoms with Crippen molar-refractivity contribution in [2.75, 3.05) is 24.8 Å². The Kier molecular flexibility index (Phi) is 5.59. The number of ether oxygens (including phenoxy) is 1. The largest absolute Gasteiger partial charge is 0.388 e. The Morgan fingerprint density at radius 3 is 2.75 bits per heavy atom. The minimum absolute atomic E-state index is 0.280. The Bertz CT molecular complexity index is 960. The van der Waals surface area contributed by atoms with Crippen molar-refractivity contribution in [3.05, 3.63) is 65.1 Å². The molecule has 28 heavy (non-hydrogen) atoms. The first-order valence-corrected chi connectivity index (χ1v) is 10.3. The lowest BCUT2D eigenvalue weighted by molar-refractivity contribution is -0.0454. The van der Waals surface area contributed by atoms with Crippen LogP contribution in [0, 0.1) is 13.8 Å². The molecular weight excluding hydrogens is 374 g/mol. The molecule has 1 aromatic carbocycles. The number of pyridine rings is 1. The third-order valence-electron chi connectivity index (χ3n) is 5.30. The van der Waals surface area contributed by atoms with E-state index in [-0.39, 0.29) is 6.04 Å². The molecule has 2 aromatic heterocycles. The Balaban J connectivity index is 1.77. The average Bonchev–Trinajstić information content (AvgIpc) is 3.01. The van der Waals surface area contributed by atoms with E-state index >= 15 is 0 Å². The standard InChI is InChI=1S/C21H25N3O3S/c1-13-14(2)24-10-9-16-18(21(24)22-13)23-17(15-7-5-4-6-8-15)19(25)20(16)27-11-12-28-26-3/h4-10,17,19-20,23,25H,11-12H2,1-3H3/t17-,19-,20+/m1/s1. The smallest absolute Gasteiger partial charge is 0.161 e. The maximum Gasteiger partial charge on any atom is 0.161 e. The predicted molar refractivity (Wildman–Crippen MR) is 112 cm³/mol. The zero-order valence-corrected chi connectivity index (χ0v) is 17.1. The topological polar surface area (TPSA) is 68.0 Å². The van der Waals surface area contributed by atoms with Crippen molar-refractivity contribution in [2.45, 2.75) is 32.1 Å². The summed E-state index contributed by atoms with van der Waals surface area (Å²) in [5, 5.41) is 14.7. The van der Waals surface area contributed by atoms with Crippen LogP contribution in [0.5, 0.6) is 0 Å². The van der Waals surface area contributed by atoms with Gasteiger partial charge in [0.1, 0.15) is 12.2 Å². The summed E-state index contributed by atoms with van der Waals surface area (Å²) in [6.45, 7) is 4.56. The molecule has 0 radical (unpaired) electrons. The van der Waals surface area contributed by atoms with Crippen LogP contribution >= 0.6 is 12.0 Å². The molecular formula is C21H25N3O3S. The van der Waals surface area contributed by atoms with E-state index in [1.165, 1.54) is 12.0 Å². The number of aliphatic hydroxyl groups excluding tert-OH is 1. The van der Waals surface area contributed by atoms with E-state index in [2.05, 4.69) is 16.6 Å². The van der Waals surface area contributed by atoms with Crippen molar-refractivity contribution >= 4 is 23.4 Å². The third-order valence-corrected chi connectivity index (χ3v) is 5.87.